The van der Waals surface area contributed by atoms with Gasteiger partial charge in [0, 0.05) is 25.7 Å². The highest BCUT2D eigenvalue weighted by Crippen LogP contribution is 2.55. The number of fused-ring (bicyclic) bond motifs is 1. The van der Waals surface area contributed by atoms with E-state index in [4.69, 9.17) is 10.00 Å². The number of likely N-dealkylation sites (tertiary alicyclic amines) is 1. The molecule has 0 aromatic heterocycles. The van der Waals surface area contributed by atoms with Crippen LogP contribution in [0.1, 0.15) is 6.42 Å². The second kappa shape index (κ2) is 5.96. The standard InChI is InChI=1S/C15H19N5O4S/c16-10-18-4-3-12(8-18)20-6-5-19(25(20,22)23)11-1-2-13-14(7-11)24-9-15(21)17-13/h1-2,7,12,22-23H,3-6,8-9H2,(H,17,21). The molecule has 0 bridgehead atoms. The molecule has 2 saturated heterocycles. The van der Waals surface area contributed by atoms with Crippen LogP contribution < -0.4 is 14.4 Å². The number of nitrogens with one attached hydrogen (secondary N) is 1. The van der Waals surface area contributed by atoms with Gasteiger partial charge in [-0.2, -0.15) is 9.57 Å². The highest BCUT2D eigenvalue weighted by Gasteiger charge is 2.43. The van der Waals surface area contributed by atoms with Crippen molar-refractivity contribution in [3.05, 3.63) is 18.2 Å². The summed E-state index contributed by atoms with van der Waals surface area (Å²) in [7, 11) is -3.15. The SMILES string of the molecule is N#CN1CCC(N2CCN(c3ccc4c(c3)OCC(=O)N4)S2(O)O)C1. The molecule has 134 valence electrons. The van der Waals surface area contributed by atoms with Crippen LogP contribution in [0.5, 0.6) is 5.75 Å². The number of benzene rings is 1. The van der Waals surface area contributed by atoms with Gasteiger partial charge in [0.2, 0.25) is 0 Å². The van der Waals surface area contributed by atoms with Gasteiger partial charge in [-0.25, -0.2) is 0 Å². The molecule has 0 spiro atoms. The Kier molecular flexibility index (Phi) is 3.88. The van der Waals surface area contributed by atoms with Gasteiger partial charge in [-0.05, 0) is 18.6 Å². The van der Waals surface area contributed by atoms with Gasteiger partial charge >= 0.3 is 0 Å². The molecule has 4 rings (SSSR count). The summed E-state index contributed by atoms with van der Waals surface area (Å²) in [6.45, 7) is 2.08. The van der Waals surface area contributed by atoms with Crippen molar-refractivity contribution in [3.63, 3.8) is 0 Å². The molecular weight excluding hydrogens is 346 g/mol. The third-order valence-corrected chi connectivity index (χ3v) is 6.83. The van der Waals surface area contributed by atoms with Gasteiger partial charge in [0.25, 0.3) is 5.91 Å². The van der Waals surface area contributed by atoms with E-state index in [0.717, 1.165) is 6.42 Å². The van der Waals surface area contributed by atoms with Gasteiger partial charge < -0.3 is 15.0 Å². The van der Waals surface area contributed by atoms with E-state index in [1.165, 1.54) is 0 Å². The molecule has 3 aliphatic heterocycles. The molecule has 1 aromatic carbocycles. The number of amides is 1. The Bertz CT molecular complexity index is 752. The third-order valence-electron chi connectivity index (χ3n) is 4.73. The van der Waals surface area contributed by atoms with Crippen molar-refractivity contribution >= 4 is 28.2 Å². The first-order valence-corrected chi connectivity index (χ1v) is 9.49. The average molecular weight is 365 g/mol. The first-order chi connectivity index (χ1) is 12.0. The maximum absolute atomic E-state index is 11.4. The monoisotopic (exact) mass is 365 g/mol. The number of nitriles is 1. The van der Waals surface area contributed by atoms with Gasteiger partial charge in [0.15, 0.2) is 12.8 Å². The minimum absolute atomic E-state index is 0.0507. The summed E-state index contributed by atoms with van der Waals surface area (Å²) in [6, 6.07) is 5.10. The smallest absolute Gasteiger partial charge is 0.262 e. The fourth-order valence-electron chi connectivity index (χ4n) is 3.50. The summed E-state index contributed by atoms with van der Waals surface area (Å²) in [5.74, 6) is 0.308. The maximum atomic E-state index is 11.4. The lowest BCUT2D eigenvalue weighted by Gasteiger charge is -2.45. The van der Waals surface area contributed by atoms with E-state index in [0.29, 0.717) is 43.3 Å². The van der Waals surface area contributed by atoms with Crippen LogP contribution in [0.2, 0.25) is 0 Å². The molecule has 1 amide bonds. The molecule has 1 unspecified atom stereocenters. The second-order valence-electron chi connectivity index (χ2n) is 6.24. The summed E-state index contributed by atoms with van der Waals surface area (Å²) >= 11 is 0. The van der Waals surface area contributed by atoms with E-state index >= 15 is 0 Å². The van der Waals surface area contributed by atoms with Crippen LogP contribution in [0.25, 0.3) is 0 Å². The second-order valence-corrected chi connectivity index (χ2v) is 8.13. The molecular formula is C15H19N5O4S. The van der Waals surface area contributed by atoms with Crippen LogP contribution in [0.15, 0.2) is 18.2 Å². The Labute approximate surface area is 147 Å². The van der Waals surface area contributed by atoms with E-state index in [1.54, 1.807) is 31.7 Å². The van der Waals surface area contributed by atoms with Crippen molar-refractivity contribution in [3.8, 4) is 11.9 Å². The van der Waals surface area contributed by atoms with Crippen LogP contribution in [0.3, 0.4) is 0 Å². The summed E-state index contributed by atoms with van der Waals surface area (Å²) in [6.07, 6.45) is 2.85. The topological polar surface area (TPSA) is 112 Å². The van der Waals surface area contributed by atoms with Crippen LogP contribution in [-0.4, -0.2) is 63.0 Å². The number of carbonyl (C=O) groups is 1. The highest BCUT2D eigenvalue weighted by molar-refractivity contribution is 8.23. The Morgan fingerprint density at radius 2 is 2.16 bits per heavy atom. The van der Waals surface area contributed by atoms with Crippen LogP contribution in [0.4, 0.5) is 11.4 Å². The summed E-state index contributed by atoms with van der Waals surface area (Å²) < 4.78 is 30.3. The van der Waals surface area contributed by atoms with E-state index in [-0.39, 0.29) is 18.6 Å². The third kappa shape index (κ3) is 2.75. The molecule has 1 atom stereocenters. The fraction of sp³-hybridized carbons (Fsp3) is 0.467. The Morgan fingerprint density at radius 1 is 1.32 bits per heavy atom. The molecule has 3 aliphatic rings. The average Bonchev–Trinajstić information content (AvgIpc) is 3.17. The quantitative estimate of drug-likeness (QED) is 0.672. The predicted molar refractivity (Wildman–Crippen MR) is 93.1 cm³/mol. The fourth-order valence-corrected chi connectivity index (χ4v) is 5.38. The lowest BCUT2D eigenvalue weighted by molar-refractivity contribution is -0.118. The molecule has 3 heterocycles. The molecule has 0 radical (unpaired) electrons. The summed E-state index contributed by atoms with van der Waals surface area (Å²) in [5.41, 5.74) is 1.21. The Morgan fingerprint density at radius 3 is 2.92 bits per heavy atom. The van der Waals surface area contributed by atoms with Crippen molar-refractivity contribution < 1.29 is 18.6 Å². The number of anilines is 2. The molecule has 9 nitrogen and oxygen atoms in total. The van der Waals surface area contributed by atoms with Crippen molar-refractivity contribution in [2.45, 2.75) is 12.5 Å². The zero-order chi connectivity index (χ0) is 17.6. The molecule has 3 N–H and O–H groups in total. The number of ether oxygens (including phenoxy) is 1. The summed E-state index contributed by atoms with van der Waals surface area (Å²) in [5, 5.41) is 11.7. The van der Waals surface area contributed by atoms with Gasteiger partial charge in [-0.15, -0.1) is 0 Å². The van der Waals surface area contributed by atoms with Gasteiger partial charge in [-0.1, -0.05) is 11.0 Å². The molecule has 0 saturated carbocycles. The maximum Gasteiger partial charge on any atom is 0.262 e. The highest BCUT2D eigenvalue weighted by atomic mass is 32.3. The summed E-state index contributed by atoms with van der Waals surface area (Å²) in [4.78, 5) is 13.0. The first kappa shape index (κ1) is 16.3. The van der Waals surface area contributed by atoms with Gasteiger partial charge in [0.05, 0.1) is 24.0 Å². The number of rotatable bonds is 2. The van der Waals surface area contributed by atoms with Crippen LogP contribution in [0, 0.1) is 11.5 Å². The number of hydrogen-bond donors (Lipinski definition) is 3. The minimum Gasteiger partial charge on any atom is -0.482 e. The zero-order valence-electron chi connectivity index (χ0n) is 13.5. The van der Waals surface area contributed by atoms with Crippen molar-refractivity contribution in [1.82, 2.24) is 9.21 Å². The Hall–Kier alpha value is -2.19. The van der Waals surface area contributed by atoms with Crippen LogP contribution >= 0.6 is 11.0 Å². The minimum atomic E-state index is -3.15. The number of nitrogens with zero attached hydrogens (tertiary/aromatic N) is 4. The molecule has 0 aliphatic carbocycles. The van der Waals surface area contributed by atoms with Crippen molar-refractivity contribution in [2.75, 3.05) is 42.4 Å². The lowest BCUT2D eigenvalue weighted by atomic mass is 10.2. The molecule has 10 heteroatoms. The molecule has 25 heavy (non-hydrogen) atoms. The predicted octanol–water partition coefficient (Wildman–Crippen LogP) is 1.28. The van der Waals surface area contributed by atoms with Crippen molar-refractivity contribution in [2.24, 2.45) is 0 Å². The van der Waals surface area contributed by atoms with Gasteiger partial charge in [0.1, 0.15) is 5.75 Å². The van der Waals surface area contributed by atoms with E-state index in [1.807, 2.05) is 0 Å². The molecule has 1 aromatic rings. The van der Waals surface area contributed by atoms with E-state index in [2.05, 4.69) is 11.5 Å². The van der Waals surface area contributed by atoms with Crippen LogP contribution in [-0.2, 0) is 4.79 Å². The first-order valence-electron chi connectivity index (χ1n) is 8.03. The number of hydrogen-bond acceptors (Lipinski definition) is 8. The van der Waals surface area contributed by atoms with E-state index in [9.17, 15) is 13.9 Å². The van der Waals surface area contributed by atoms with Gasteiger partial charge in [-0.3, -0.25) is 18.2 Å². The van der Waals surface area contributed by atoms with E-state index < -0.39 is 11.0 Å². The Balaban J connectivity index is 1.56. The molecule has 2 fully saturated rings. The zero-order valence-corrected chi connectivity index (χ0v) is 14.3. The lowest BCUT2D eigenvalue weighted by Crippen LogP contribution is -2.38. The normalized spacial score (nSPS) is 26.6. The largest absolute Gasteiger partial charge is 0.482 e. The van der Waals surface area contributed by atoms with Crippen molar-refractivity contribution in [1.29, 1.82) is 5.26 Å². The number of carbonyl (C=O) groups excluding carboxylic acids is 1.